The summed E-state index contributed by atoms with van der Waals surface area (Å²) in [5.74, 6) is 0.0192. The van der Waals surface area contributed by atoms with E-state index >= 15 is 0 Å². The Hall–Kier alpha value is -1.51. The van der Waals surface area contributed by atoms with E-state index in [1.54, 1.807) is 12.1 Å². The predicted molar refractivity (Wildman–Crippen MR) is 88.1 cm³/mol. The minimum absolute atomic E-state index is 0.0192. The van der Waals surface area contributed by atoms with E-state index in [0.29, 0.717) is 29.4 Å². The molecule has 2 nitrogen and oxygen atoms in total. The lowest BCUT2D eigenvalue weighted by molar-refractivity contribution is -0.120. The maximum absolute atomic E-state index is 11.9. The summed E-state index contributed by atoms with van der Waals surface area (Å²) in [6.07, 6.45) is 1.09. The van der Waals surface area contributed by atoms with Crippen molar-refractivity contribution >= 4 is 29.1 Å². The van der Waals surface area contributed by atoms with Gasteiger partial charge in [0.05, 0.1) is 6.42 Å². The molecule has 0 spiro atoms. The van der Waals surface area contributed by atoms with Crippen LogP contribution >= 0.6 is 23.2 Å². The third kappa shape index (κ3) is 5.07. The van der Waals surface area contributed by atoms with Crippen LogP contribution in [-0.2, 0) is 17.6 Å². The summed E-state index contributed by atoms with van der Waals surface area (Å²) in [4.78, 5) is 11.9. The fourth-order valence-electron chi connectivity index (χ4n) is 2.13. The van der Waals surface area contributed by atoms with Crippen molar-refractivity contribution in [2.24, 2.45) is 0 Å². The maximum atomic E-state index is 11.9. The Bertz CT molecular complexity index is 640. The van der Waals surface area contributed by atoms with Crippen LogP contribution in [0.15, 0.2) is 42.5 Å². The Labute approximate surface area is 135 Å². The van der Waals surface area contributed by atoms with Gasteiger partial charge in [0.25, 0.3) is 0 Å². The van der Waals surface area contributed by atoms with Gasteiger partial charge in [-0.3, -0.25) is 4.79 Å². The Morgan fingerprint density at radius 2 is 1.95 bits per heavy atom. The second-order valence-corrected chi connectivity index (χ2v) is 5.85. The molecule has 4 heteroatoms. The molecule has 0 heterocycles. The molecule has 0 unspecified atom stereocenters. The zero-order valence-electron chi connectivity index (χ0n) is 11.8. The number of hydrogen-bond donors (Lipinski definition) is 1. The fraction of sp³-hybridized carbons (Fsp3) is 0.235. The molecule has 0 radical (unpaired) electrons. The van der Waals surface area contributed by atoms with Crippen LogP contribution in [0.25, 0.3) is 0 Å². The fourth-order valence-corrected chi connectivity index (χ4v) is 2.63. The van der Waals surface area contributed by atoms with Crippen LogP contribution in [0.5, 0.6) is 0 Å². The van der Waals surface area contributed by atoms with Crippen LogP contribution in [0.1, 0.15) is 16.7 Å². The normalized spacial score (nSPS) is 10.4. The van der Waals surface area contributed by atoms with E-state index < -0.39 is 0 Å². The lowest BCUT2D eigenvalue weighted by Gasteiger charge is -2.07. The molecule has 0 aliphatic rings. The van der Waals surface area contributed by atoms with E-state index in [1.165, 1.54) is 0 Å². The molecule has 0 saturated carbocycles. The number of aryl methyl sites for hydroxylation is 1. The van der Waals surface area contributed by atoms with Crippen LogP contribution in [0.3, 0.4) is 0 Å². The number of hydrogen-bond acceptors (Lipinski definition) is 1. The smallest absolute Gasteiger partial charge is 0.224 e. The van der Waals surface area contributed by atoms with E-state index in [0.717, 1.165) is 16.7 Å². The summed E-state index contributed by atoms with van der Waals surface area (Å²) < 4.78 is 0. The number of amides is 1. The topological polar surface area (TPSA) is 29.1 Å². The summed E-state index contributed by atoms with van der Waals surface area (Å²) in [6.45, 7) is 2.58. The Morgan fingerprint density at radius 3 is 2.67 bits per heavy atom. The summed E-state index contributed by atoms with van der Waals surface area (Å²) in [5.41, 5.74) is 3.17. The first kappa shape index (κ1) is 15.9. The molecular formula is C17H17Cl2NO. The van der Waals surface area contributed by atoms with Gasteiger partial charge in [-0.2, -0.15) is 0 Å². The van der Waals surface area contributed by atoms with Gasteiger partial charge in [0, 0.05) is 16.6 Å². The highest BCUT2D eigenvalue weighted by atomic mass is 35.5. The molecule has 0 bridgehead atoms. The van der Waals surface area contributed by atoms with E-state index in [1.807, 2.05) is 37.3 Å². The zero-order chi connectivity index (χ0) is 15.2. The van der Waals surface area contributed by atoms with Crippen molar-refractivity contribution in [3.63, 3.8) is 0 Å². The highest BCUT2D eigenvalue weighted by Crippen LogP contribution is 2.21. The minimum atomic E-state index is 0.0192. The molecule has 1 amide bonds. The van der Waals surface area contributed by atoms with Gasteiger partial charge in [-0.1, -0.05) is 59.1 Å². The highest BCUT2D eigenvalue weighted by Gasteiger charge is 2.05. The Kier molecular flexibility index (Phi) is 5.66. The predicted octanol–water partition coefficient (Wildman–Crippen LogP) is 4.20. The van der Waals surface area contributed by atoms with Gasteiger partial charge < -0.3 is 5.32 Å². The molecule has 0 aliphatic carbocycles. The number of carbonyl (C=O) groups excluding carboxylic acids is 1. The van der Waals surface area contributed by atoms with Crippen LogP contribution < -0.4 is 5.32 Å². The van der Waals surface area contributed by atoms with Gasteiger partial charge in [0.2, 0.25) is 5.91 Å². The molecule has 0 aliphatic heterocycles. The van der Waals surface area contributed by atoms with Crippen LogP contribution in [0, 0.1) is 6.92 Å². The van der Waals surface area contributed by atoms with Gasteiger partial charge in [-0.15, -0.1) is 0 Å². The van der Waals surface area contributed by atoms with Crippen LogP contribution in [-0.4, -0.2) is 12.5 Å². The molecule has 2 aromatic rings. The van der Waals surface area contributed by atoms with Crippen molar-refractivity contribution in [3.8, 4) is 0 Å². The first-order valence-electron chi connectivity index (χ1n) is 6.81. The van der Waals surface area contributed by atoms with E-state index in [4.69, 9.17) is 23.2 Å². The standard InChI is InChI=1S/C17H17Cl2NO/c1-12-3-2-4-13(9-12)10-17(21)20-8-7-14-5-6-15(18)11-16(14)19/h2-6,9,11H,7-8,10H2,1H3,(H,20,21). The largest absolute Gasteiger partial charge is 0.355 e. The first-order valence-corrected chi connectivity index (χ1v) is 7.56. The van der Waals surface area contributed by atoms with E-state index in [2.05, 4.69) is 5.32 Å². The first-order chi connectivity index (χ1) is 10.0. The third-order valence-electron chi connectivity index (χ3n) is 3.18. The molecular weight excluding hydrogens is 305 g/mol. The van der Waals surface area contributed by atoms with Crippen molar-refractivity contribution in [3.05, 3.63) is 69.2 Å². The Morgan fingerprint density at radius 1 is 1.14 bits per heavy atom. The lowest BCUT2D eigenvalue weighted by atomic mass is 10.1. The Balaban J connectivity index is 1.81. The molecule has 2 aromatic carbocycles. The number of benzene rings is 2. The van der Waals surface area contributed by atoms with Gasteiger partial charge >= 0.3 is 0 Å². The van der Waals surface area contributed by atoms with Crippen molar-refractivity contribution in [1.82, 2.24) is 5.32 Å². The van der Waals surface area contributed by atoms with Gasteiger partial charge in [0.1, 0.15) is 0 Å². The average Bonchev–Trinajstić information content (AvgIpc) is 2.41. The van der Waals surface area contributed by atoms with Crippen molar-refractivity contribution < 1.29 is 4.79 Å². The van der Waals surface area contributed by atoms with Gasteiger partial charge in [-0.05, 0) is 36.6 Å². The molecule has 2 rings (SSSR count). The quantitative estimate of drug-likeness (QED) is 0.878. The van der Waals surface area contributed by atoms with Gasteiger partial charge in [0.15, 0.2) is 0 Å². The number of carbonyl (C=O) groups is 1. The second kappa shape index (κ2) is 7.48. The highest BCUT2D eigenvalue weighted by molar-refractivity contribution is 6.35. The SMILES string of the molecule is Cc1cccc(CC(=O)NCCc2ccc(Cl)cc2Cl)c1. The van der Waals surface area contributed by atoms with Gasteiger partial charge in [-0.25, -0.2) is 0 Å². The molecule has 0 aromatic heterocycles. The summed E-state index contributed by atoms with van der Waals surface area (Å²) in [6, 6.07) is 13.4. The molecule has 21 heavy (non-hydrogen) atoms. The summed E-state index contributed by atoms with van der Waals surface area (Å²) >= 11 is 11.9. The van der Waals surface area contributed by atoms with E-state index in [-0.39, 0.29) is 5.91 Å². The molecule has 0 fully saturated rings. The number of rotatable bonds is 5. The van der Waals surface area contributed by atoms with Crippen molar-refractivity contribution in [2.75, 3.05) is 6.54 Å². The molecule has 0 saturated heterocycles. The average molecular weight is 322 g/mol. The monoisotopic (exact) mass is 321 g/mol. The number of nitrogens with one attached hydrogen (secondary N) is 1. The summed E-state index contributed by atoms with van der Waals surface area (Å²) in [7, 11) is 0. The van der Waals surface area contributed by atoms with Crippen LogP contribution in [0.2, 0.25) is 10.0 Å². The molecule has 1 N–H and O–H groups in total. The number of halogens is 2. The summed E-state index contributed by atoms with van der Waals surface area (Å²) in [5, 5.41) is 4.16. The maximum Gasteiger partial charge on any atom is 0.224 e. The van der Waals surface area contributed by atoms with Crippen LogP contribution in [0.4, 0.5) is 0 Å². The minimum Gasteiger partial charge on any atom is -0.355 e. The van der Waals surface area contributed by atoms with Crippen molar-refractivity contribution in [2.45, 2.75) is 19.8 Å². The molecule has 0 atom stereocenters. The molecule has 110 valence electrons. The lowest BCUT2D eigenvalue weighted by Crippen LogP contribution is -2.27. The van der Waals surface area contributed by atoms with Crippen molar-refractivity contribution in [1.29, 1.82) is 0 Å². The second-order valence-electron chi connectivity index (χ2n) is 5.00. The zero-order valence-corrected chi connectivity index (χ0v) is 13.3. The van der Waals surface area contributed by atoms with E-state index in [9.17, 15) is 4.79 Å². The third-order valence-corrected chi connectivity index (χ3v) is 3.77.